The number of thioether (sulfide) groups is 1. The second-order valence-electron chi connectivity index (χ2n) is 3.57. The van der Waals surface area contributed by atoms with Crippen molar-refractivity contribution in [2.75, 3.05) is 18.8 Å². The van der Waals surface area contributed by atoms with Gasteiger partial charge in [-0.1, -0.05) is 25.1 Å². The molecule has 0 saturated carbocycles. The summed E-state index contributed by atoms with van der Waals surface area (Å²) >= 11 is 1.67. The number of hydrogen-bond donors (Lipinski definition) is 1. The molecule has 0 bridgehead atoms. The number of unbranched alkanes of at least 4 members (excludes halogenated alkanes) is 1. The van der Waals surface area contributed by atoms with E-state index in [9.17, 15) is 0 Å². The van der Waals surface area contributed by atoms with Crippen LogP contribution in [0.25, 0.3) is 0 Å². The lowest BCUT2D eigenvalue weighted by Gasteiger charge is -2.00. The van der Waals surface area contributed by atoms with E-state index in [2.05, 4.69) is 17.2 Å². The molecule has 1 aromatic rings. The van der Waals surface area contributed by atoms with Crippen LogP contribution >= 0.6 is 11.8 Å². The Morgan fingerprint density at radius 2 is 2.13 bits per heavy atom. The number of aryl methyl sites for hydroxylation is 2. The van der Waals surface area contributed by atoms with Crippen molar-refractivity contribution < 1.29 is 4.42 Å². The SMILES string of the molecule is CCCCNCCSc1nc(C)c(C)o1. The first-order valence-electron chi connectivity index (χ1n) is 5.51. The Morgan fingerprint density at radius 1 is 1.33 bits per heavy atom. The minimum Gasteiger partial charge on any atom is -0.437 e. The third kappa shape index (κ3) is 4.71. The summed E-state index contributed by atoms with van der Waals surface area (Å²) in [5.41, 5.74) is 0.997. The van der Waals surface area contributed by atoms with Gasteiger partial charge in [0.05, 0.1) is 5.69 Å². The van der Waals surface area contributed by atoms with Gasteiger partial charge in [0.1, 0.15) is 5.76 Å². The highest BCUT2D eigenvalue weighted by molar-refractivity contribution is 7.99. The molecular weight excluding hydrogens is 208 g/mol. The van der Waals surface area contributed by atoms with E-state index in [1.54, 1.807) is 11.8 Å². The summed E-state index contributed by atoms with van der Waals surface area (Å²) in [6, 6.07) is 0. The van der Waals surface area contributed by atoms with Gasteiger partial charge in [-0.2, -0.15) is 0 Å². The predicted octanol–water partition coefficient (Wildman–Crippen LogP) is 2.77. The summed E-state index contributed by atoms with van der Waals surface area (Å²) in [4.78, 5) is 4.31. The molecule has 0 atom stereocenters. The Labute approximate surface area is 96.0 Å². The summed E-state index contributed by atoms with van der Waals surface area (Å²) in [6.45, 7) is 8.26. The van der Waals surface area contributed by atoms with Crippen molar-refractivity contribution in [1.82, 2.24) is 10.3 Å². The Hall–Kier alpha value is -0.480. The number of aromatic nitrogens is 1. The third-order valence-corrected chi connectivity index (χ3v) is 3.05. The van der Waals surface area contributed by atoms with E-state index in [0.717, 1.165) is 35.5 Å². The molecule has 4 heteroatoms. The van der Waals surface area contributed by atoms with E-state index in [0.29, 0.717) is 0 Å². The maximum atomic E-state index is 5.47. The van der Waals surface area contributed by atoms with E-state index >= 15 is 0 Å². The molecule has 0 radical (unpaired) electrons. The summed E-state index contributed by atoms with van der Waals surface area (Å²) in [5.74, 6) is 1.94. The normalized spacial score (nSPS) is 10.9. The molecule has 86 valence electrons. The molecule has 0 aliphatic carbocycles. The van der Waals surface area contributed by atoms with Gasteiger partial charge < -0.3 is 9.73 Å². The monoisotopic (exact) mass is 228 g/mol. The van der Waals surface area contributed by atoms with Crippen LogP contribution in [0.1, 0.15) is 31.2 Å². The van der Waals surface area contributed by atoms with E-state index < -0.39 is 0 Å². The lowest BCUT2D eigenvalue weighted by atomic mass is 10.3. The first-order chi connectivity index (χ1) is 7.24. The van der Waals surface area contributed by atoms with Gasteiger partial charge in [-0.15, -0.1) is 0 Å². The van der Waals surface area contributed by atoms with Gasteiger partial charge in [0.25, 0.3) is 5.22 Å². The molecule has 1 heterocycles. The van der Waals surface area contributed by atoms with Crippen molar-refractivity contribution in [3.05, 3.63) is 11.5 Å². The maximum Gasteiger partial charge on any atom is 0.256 e. The van der Waals surface area contributed by atoms with Crippen molar-refractivity contribution in [3.8, 4) is 0 Å². The van der Waals surface area contributed by atoms with Gasteiger partial charge in [-0.05, 0) is 26.8 Å². The lowest BCUT2D eigenvalue weighted by Crippen LogP contribution is -2.18. The molecule has 15 heavy (non-hydrogen) atoms. The predicted molar refractivity (Wildman–Crippen MR) is 64.5 cm³/mol. The highest BCUT2D eigenvalue weighted by atomic mass is 32.2. The fraction of sp³-hybridized carbons (Fsp3) is 0.727. The Bertz CT molecular complexity index is 267. The maximum absolute atomic E-state index is 5.47. The van der Waals surface area contributed by atoms with Crippen molar-refractivity contribution in [1.29, 1.82) is 0 Å². The smallest absolute Gasteiger partial charge is 0.256 e. The average molecular weight is 228 g/mol. The van der Waals surface area contributed by atoms with Gasteiger partial charge in [0, 0.05) is 12.3 Å². The van der Waals surface area contributed by atoms with Crippen LogP contribution in [0.2, 0.25) is 0 Å². The number of rotatable bonds is 7. The Kier molecular flexibility index (Phi) is 5.79. The standard InChI is InChI=1S/C11H20N2OS/c1-4-5-6-12-7-8-15-11-13-9(2)10(3)14-11/h12H,4-8H2,1-3H3. The molecule has 0 amide bonds. The molecular formula is C11H20N2OS. The molecule has 1 N–H and O–H groups in total. The van der Waals surface area contributed by atoms with Crippen LogP contribution in [0.4, 0.5) is 0 Å². The fourth-order valence-corrected chi connectivity index (χ4v) is 1.95. The van der Waals surface area contributed by atoms with Crippen LogP contribution in [0, 0.1) is 13.8 Å². The summed E-state index contributed by atoms with van der Waals surface area (Å²) in [7, 11) is 0. The summed E-state index contributed by atoms with van der Waals surface area (Å²) in [5, 5.41) is 4.18. The van der Waals surface area contributed by atoms with Crippen LogP contribution in [0.3, 0.4) is 0 Å². The number of nitrogens with zero attached hydrogens (tertiary/aromatic N) is 1. The van der Waals surface area contributed by atoms with Crippen molar-refractivity contribution in [2.45, 2.75) is 38.8 Å². The summed E-state index contributed by atoms with van der Waals surface area (Å²) < 4.78 is 5.47. The molecule has 1 rings (SSSR count). The van der Waals surface area contributed by atoms with Crippen molar-refractivity contribution >= 4 is 11.8 Å². The quantitative estimate of drug-likeness (QED) is 0.575. The first kappa shape index (κ1) is 12.6. The zero-order chi connectivity index (χ0) is 11.1. The highest BCUT2D eigenvalue weighted by Gasteiger charge is 2.04. The molecule has 1 aromatic heterocycles. The molecule has 0 spiro atoms. The van der Waals surface area contributed by atoms with E-state index in [-0.39, 0.29) is 0 Å². The van der Waals surface area contributed by atoms with Gasteiger partial charge in [0.2, 0.25) is 0 Å². The zero-order valence-corrected chi connectivity index (χ0v) is 10.6. The van der Waals surface area contributed by atoms with Crippen LogP contribution in [0.15, 0.2) is 9.64 Å². The molecule has 0 saturated heterocycles. The molecule has 0 aliphatic heterocycles. The first-order valence-corrected chi connectivity index (χ1v) is 6.50. The van der Waals surface area contributed by atoms with Crippen LogP contribution < -0.4 is 5.32 Å². The zero-order valence-electron chi connectivity index (χ0n) is 9.80. The average Bonchev–Trinajstić information content (AvgIpc) is 2.52. The summed E-state index contributed by atoms with van der Waals surface area (Å²) in [6.07, 6.45) is 2.50. The number of hydrogen-bond acceptors (Lipinski definition) is 4. The van der Waals surface area contributed by atoms with Gasteiger partial charge in [-0.3, -0.25) is 0 Å². The Morgan fingerprint density at radius 3 is 2.73 bits per heavy atom. The minimum atomic E-state index is 0.794. The molecule has 3 nitrogen and oxygen atoms in total. The topological polar surface area (TPSA) is 38.1 Å². The molecule has 0 unspecified atom stereocenters. The van der Waals surface area contributed by atoms with E-state index in [1.807, 2.05) is 13.8 Å². The number of nitrogens with one attached hydrogen (secondary N) is 1. The second kappa shape index (κ2) is 6.90. The highest BCUT2D eigenvalue weighted by Crippen LogP contribution is 2.19. The minimum absolute atomic E-state index is 0.794. The largest absolute Gasteiger partial charge is 0.437 e. The second-order valence-corrected chi connectivity index (χ2v) is 4.62. The molecule has 0 aliphatic rings. The fourth-order valence-electron chi connectivity index (χ4n) is 1.14. The van der Waals surface area contributed by atoms with Crippen LogP contribution in [-0.4, -0.2) is 23.8 Å². The van der Waals surface area contributed by atoms with E-state index in [1.165, 1.54) is 12.8 Å². The van der Waals surface area contributed by atoms with Crippen LogP contribution in [0.5, 0.6) is 0 Å². The van der Waals surface area contributed by atoms with Gasteiger partial charge >= 0.3 is 0 Å². The molecule has 0 fully saturated rings. The number of oxazole rings is 1. The van der Waals surface area contributed by atoms with Crippen molar-refractivity contribution in [2.24, 2.45) is 0 Å². The van der Waals surface area contributed by atoms with Gasteiger partial charge in [0.15, 0.2) is 0 Å². The lowest BCUT2D eigenvalue weighted by molar-refractivity contribution is 0.431. The van der Waals surface area contributed by atoms with Crippen molar-refractivity contribution in [3.63, 3.8) is 0 Å². The van der Waals surface area contributed by atoms with E-state index in [4.69, 9.17) is 4.42 Å². The van der Waals surface area contributed by atoms with Crippen LogP contribution in [-0.2, 0) is 0 Å². The Balaban J connectivity index is 2.10. The van der Waals surface area contributed by atoms with Gasteiger partial charge in [-0.25, -0.2) is 4.98 Å². The molecule has 0 aromatic carbocycles. The third-order valence-electron chi connectivity index (χ3n) is 2.22.